The second-order valence-electron chi connectivity index (χ2n) is 4.13. The fourth-order valence-electron chi connectivity index (χ4n) is 1.58. The van der Waals surface area contributed by atoms with Gasteiger partial charge in [-0.15, -0.1) is 11.8 Å². The largest absolute Gasteiger partial charge is 0.497 e. The lowest BCUT2D eigenvalue weighted by molar-refractivity contribution is -0.113. The molecule has 5 heteroatoms. The number of hydrogen-bond acceptors (Lipinski definition) is 4. The molecule has 0 radical (unpaired) electrons. The summed E-state index contributed by atoms with van der Waals surface area (Å²) in [5.74, 6) is 1.12. The third-order valence-corrected chi connectivity index (χ3v) is 3.64. The van der Waals surface area contributed by atoms with Crippen molar-refractivity contribution in [3.63, 3.8) is 0 Å². The van der Waals surface area contributed by atoms with Crippen molar-refractivity contribution in [1.82, 2.24) is 0 Å². The van der Waals surface area contributed by atoms with Gasteiger partial charge in [0.2, 0.25) is 5.91 Å². The van der Waals surface area contributed by atoms with Gasteiger partial charge in [0.1, 0.15) is 5.75 Å². The fourth-order valence-corrected chi connectivity index (χ4v) is 2.28. The van der Waals surface area contributed by atoms with E-state index in [1.165, 1.54) is 11.8 Å². The zero-order valence-electron chi connectivity index (χ0n) is 11.1. The molecule has 0 aromatic heterocycles. The molecule has 3 N–H and O–H groups in total. The average Bonchev–Trinajstić information content (AvgIpc) is 2.48. The van der Waals surface area contributed by atoms with Crippen LogP contribution in [0.4, 0.5) is 11.4 Å². The normalized spacial score (nSPS) is 10.1. The van der Waals surface area contributed by atoms with Crippen molar-refractivity contribution in [3.8, 4) is 5.75 Å². The first kappa shape index (κ1) is 14.3. The van der Waals surface area contributed by atoms with Crippen molar-refractivity contribution in [1.29, 1.82) is 0 Å². The van der Waals surface area contributed by atoms with Crippen LogP contribution in [0.5, 0.6) is 5.75 Å². The standard InChI is InChI=1S/C15H16N2O2S/c1-19-13-6-8-14(9-7-13)20-10-15(18)17-12-4-2-11(16)3-5-12/h2-9H,10,16H2,1H3,(H,17,18). The summed E-state index contributed by atoms with van der Waals surface area (Å²) < 4.78 is 5.08. The molecule has 0 atom stereocenters. The van der Waals surface area contributed by atoms with Gasteiger partial charge >= 0.3 is 0 Å². The zero-order valence-corrected chi connectivity index (χ0v) is 11.9. The maximum atomic E-state index is 11.8. The summed E-state index contributed by atoms with van der Waals surface area (Å²) in [6.07, 6.45) is 0. The van der Waals surface area contributed by atoms with Crippen LogP contribution in [0.15, 0.2) is 53.4 Å². The fraction of sp³-hybridized carbons (Fsp3) is 0.133. The predicted octanol–water partition coefficient (Wildman–Crippen LogP) is 3.01. The first-order valence-electron chi connectivity index (χ1n) is 6.09. The average molecular weight is 288 g/mol. The molecule has 0 aliphatic rings. The highest BCUT2D eigenvalue weighted by Gasteiger charge is 2.04. The highest BCUT2D eigenvalue weighted by molar-refractivity contribution is 8.00. The summed E-state index contributed by atoms with van der Waals surface area (Å²) in [5, 5.41) is 2.82. The number of hydrogen-bond donors (Lipinski definition) is 2. The van der Waals surface area contributed by atoms with Gasteiger partial charge in [0.15, 0.2) is 0 Å². The number of carbonyl (C=O) groups is 1. The molecule has 0 fully saturated rings. The van der Waals surface area contributed by atoms with Gasteiger partial charge in [0.05, 0.1) is 12.9 Å². The third kappa shape index (κ3) is 4.20. The van der Waals surface area contributed by atoms with Crippen LogP contribution >= 0.6 is 11.8 Å². The second-order valence-corrected chi connectivity index (χ2v) is 5.18. The number of benzene rings is 2. The van der Waals surface area contributed by atoms with E-state index in [2.05, 4.69) is 5.32 Å². The lowest BCUT2D eigenvalue weighted by Crippen LogP contribution is -2.13. The van der Waals surface area contributed by atoms with E-state index in [1.807, 2.05) is 24.3 Å². The molecule has 0 saturated carbocycles. The number of carbonyl (C=O) groups excluding carboxylic acids is 1. The Labute approximate surface area is 122 Å². The first-order valence-corrected chi connectivity index (χ1v) is 7.08. The van der Waals surface area contributed by atoms with Crippen LogP contribution in [0, 0.1) is 0 Å². The number of rotatable bonds is 5. The molecule has 20 heavy (non-hydrogen) atoms. The van der Waals surface area contributed by atoms with Gasteiger partial charge < -0.3 is 15.8 Å². The van der Waals surface area contributed by atoms with Crippen molar-refractivity contribution in [2.75, 3.05) is 23.9 Å². The summed E-state index contributed by atoms with van der Waals surface area (Å²) in [5.41, 5.74) is 7.01. The van der Waals surface area contributed by atoms with Gasteiger partial charge in [0, 0.05) is 16.3 Å². The van der Waals surface area contributed by atoms with Gasteiger partial charge in [-0.1, -0.05) is 0 Å². The van der Waals surface area contributed by atoms with E-state index in [1.54, 1.807) is 31.4 Å². The van der Waals surface area contributed by atoms with Crippen LogP contribution in [0.25, 0.3) is 0 Å². The minimum atomic E-state index is -0.0458. The second kappa shape index (κ2) is 6.86. The lowest BCUT2D eigenvalue weighted by atomic mass is 10.3. The summed E-state index contributed by atoms with van der Waals surface area (Å²) in [7, 11) is 1.63. The molecule has 2 aromatic rings. The van der Waals surface area contributed by atoms with E-state index >= 15 is 0 Å². The Hall–Kier alpha value is -2.14. The van der Waals surface area contributed by atoms with Crippen LogP contribution in [-0.4, -0.2) is 18.8 Å². The Balaban J connectivity index is 1.83. The number of nitrogens with two attached hydrogens (primary N) is 1. The summed E-state index contributed by atoms with van der Waals surface area (Å²) in [4.78, 5) is 12.8. The number of nitrogen functional groups attached to an aromatic ring is 1. The van der Waals surface area contributed by atoms with Gasteiger partial charge in [-0.3, -0.25) is 4.79 Å². The van der Waals surface area contributed by atoms with Gasteiger partial charge in [-0.25, -0.2) is 0 Å². The van der Waals surface area contributed by atoms with E-state index in [0.717, 1.165) is 16.3 Å². The molecule has 0 unspecified atom stereocenters. The number of ether oxygens (including phenoxy) is 1. The maximum Gasteiger partial charge on any atom is 0.234 e. The van der Waals surface area contributed by atoms with Crippen LogP contribution < -0.4 is 15.8 Å². The molecule has 0 aliphatic carbocycles. The van der Waals surface area contributed by atoms with E-state index in [0.29, 0.717) is 11.4 Å². The van der Waals surface area contributed by atoms with Crippen molar-refractivity contribution in [2.45, 2.75) is 4.90 Å². The summed E-state index contributed by atoms with van der Waals surface area (Å²) in [6.45, 7) is 0. The van der Waals surface area contributed by atoms with Gasteiger partial charge in [-0.2, -0.15) is 0 Å². The highest BCUT2D eigenvalue weighted by Crippen LogP contribution is 2.21. The Bertz CT molecular complexity index is 567. The molecule has 4 nitrogen and oxygen atoms in total. The number of amides is 1. The van der Waals surface area contributed by atoms with Crippen LogP contribution in [0.2, 0.25) is 0 Å². The monoisotopic (exact) mass is 288 g/mol. The summed E-state index contributed by atoms with van der Waals surface area (Å²) >= 11 is 1.48. The zero-order chi connectivity index (χ0) is 14.4. The minimum Gasteiger partial charge on any atom is -0.497 e. The van der Waals surface area contributed by atoms with Gasteiger partial charge in [0.25, 0.3) is 0 Å². The third-order valence-electron chi connectivity index (χ3n) is 2.62. The van der Waals surface area contributed by atoms with Crippen LogP contribution in [0.1, 0.15) is 0 Å². The van der Waals surface area contributed by atoms with E-state index in [4.69, 9.17) is 10.5 Å². The quantitative estimate of drug-likeness (QED) is 0.655. The Kier molecular flexibility index (Phi) is 4.90. The molecule has 0 bridgehead atoms. The molecule has 0 saturated heterocycles. The Morgan fingerprint density at radius 3 is 2.40 bits per heavy atom. The topological polar surface area (TPSA) is 64.3 Å². The molecule has 0 heterocycles. The molecule has 0 aliphatic heterocycles. The van der Waals surface area contributed by atoms with E-state index < -0.39 is 0 Å². The molecular weight excluding hydrogens is 272 g/mol. The van der Waals surface area contributed by atoms with E-state index in [9.17, 15) is 4.79 Å². The van der Waals surface area contributed by atoms with Crippen molar-refractivity contribution in [3.05, 3.63) is 48.5 Å². The molecule has 0 spiro atoms. The van der Waals surface area contributed by atoms with Crippen LogP contribution in [-0.2, 0) is 4.79 Å². The molecule has 104 valence electrons. The first-order chi connectivity index (χ1) is 9.67. The lowest BCUT2D eigenvalue weighted by Gasteiger charge is -2.06. The molecular formula is C15H16N2O2S. The summed E-state index contributed by atoms with van der Waals surface area (Å²) in [6, 6.07) is 14.7. The van der Waals surface area contributed by atoms with Crippen molar-refractivity contribution >= 4 is 29.0 Å². The van der Waals surface area contributed by atoms with Crippen molar-refractivity contribution < 1.29 is 9.53 Å². The highest BCUT2D eigenvalue weighted by atomic mass is 32.2. The molecule has 2 rings (SSSR count). The number of methoxy groups -OCH3 is 1. The number of nitrogens with one attached hydrogen (secondary N) is 1. The number of thioether (sulfide) groups is 1. The Morgan fingerprint density at radius 2 is 1.80 bits per heavy atom. The smallest absolute Gasteiger partial charge is 0.234 e. The van der Waals surface area contributed by atoms with E-state index in [-0.39, 0.29) is 5.91 Å². The predicted molar refractivity (Wildman–Crippen MR) is 83.2 cm³/mol. The molecule has 2 aromatic carbocycles. The number of anilines is 2. The van der Waals surface area contributed by atoms with Crippen molar-refractivity contribution in [2.24, 2.45) is 0 Å². The minimum absolute atomic E-state index is 0.0458. The van der Waals surface area contributed by atoms with Crippen LogP contribution in [0.3, 0.4) is 0 Å². The Morgan fingerprint density at radius 1 is 1.15 bits per heavy atom. The SMILES string of the molecule is COc1ccc(SCC(=O)Nc2ccc(N)cc2)cc1. The van der Waals surface area contributed by atoms with Gasteiger partial charge in [-0.05, 0) is 48.5 Å². The molecule has 1 amide bonds. The maximum absolute atomic E-state index is 11.8.